The highest BCUT2D eigenvalue weighted by molar-refractivity contribution is 7.09. The predicted molar refractivity (Wildman–Crippen MR) is 77.3 cm³/mol. The van der Waals surface area contributed by atoms with E-state index in [-0.39, 0.29) is 0 Å². The molecule has 2 aromatic rings. The van der Waals surface area contributed by atoms with Gasteiger partial charge in [0.15, 0.2) is 0 Å². The minimum absolute atomic E-state index is 0.814. The quantitative estimate of drug-likeness (QED) is 0.839. The molecule has 1 aromatic heterocycles. The third-order valence-corrected chi connectivity index (χ3v) is 3.90. The van der Waals surface area contributed by atoms with Gasteiger partial charge in [-0.25, -0.2) is 0 Å². The Balaban J connectivity index is 2.54. The lowest BCUT2D eigenvalue weighted by Crippen LogP contribution is -2.13. The van der Waals surface area contributed by atoms with Gasteiger partial charge < -0.3 is 4.90 Å². The smallest absolute Gasteiger partial charge is 0.0998 e. The van der Waals surface area contributed by atoms with E-state index in [1.165, 1.54) is 4.88 Å². The Morgan fingerprint density at radius 3 is 2.61 bits per heavy atom. The zero-order chi connectivity index (χ0) is 13.1. The highest BCUT2D eigenvalue weighted by Crippen LogP contribution is 2.28. The van der Waals surface area contributed by atoms with Crippen LogP contribution >= 0.6 is 11.3 Å². The van der Waals surface area contributed by atoms with E-state index in [2.05, 4.69) is 34.5 Å². The minimum Gasteiger partial charge on any atom is -0.377 e. The van der Waals surface area contributed by atoms with Crippen LogP contribution in [-0.2, 0) is 6.42 Å². The average molecular weight is 256 g/mol. The van der Waals surface area contributed by atoms with Gasteiger partial charge >= 0.3 is 0 Å². The second kappa shape index (κ2) is 5.24. The fourth-order valence-electron chi connectivity index (χ4n) is 2.09. The van der Waals surface area contributed by atoms with Gasteiger partial charge in [-0.05, 0) is 35.6 Å². The maximum Gasteiger partial charge on any atom is 0.0998 e. The maximum absolute atomic E-state index is 9.37. The highest BCUT2D eigenvalue weighted by atomic mass is 32.1. The summed E-state index contributed by atoms with van der Waals surface area (Å²) in [7, 11) is 4.04. The van der Waals surface area contributed by atoms with Crippen LogP contribution in [0, 0.1) is 18.3 Å². The van der Waals surface area contributed by atoms with Gasteiger partial charge in [0.1, 0.15) is 0 Å². The summed E-state index contributed by atoms with van der Waals surface area (Å²) in [5.74, 6) is 0. The van der Waals surface area contributed by atoms with E-state index in [0.29, 0.717) is 0 Å². The highest BCUT2D eigenvalue weighted by Gasteiger charge is 2.13. The first-order valence-corrected chi connectivity index (χ1v) is 6.73. The molecule has 92 valence electrons. The van der Waals surface area contributed by atoms with E-state index in [1.54, 1.807) is 11.3 Å². The second-order valence-corrected chi connectivity index (χ2v) is 5.55. The molecule has 0 amide bonds. The van der Waals surface area contributed by atoms with E-state index in [4.69, 9.17) is 0 Å². The molecule has 0 atom stereocenters. The molecule has 0 aliphatic carbocycles. The molecule has 18 heavy (non-hydrogen) atoms. The average Bonchev–Trinajstić information content (AvgIpc) is 2.82. The SMILES string of the molecule is Cc1ccc(N(C)C)c(Cc2cccs2)c1C#N. The summed E-state index contributed by atoms with van der Waals surface area (Å²) in [6, 6.07) is 10.6. The zero-order valence-electron chi connectivity index (χ0n) is 10.9. The molecule has 0 aliphatic rings. The number of benzene rings is 1. The Hall–Kier alpha value is -1.79. The molecule has 0 unspecified atom stereocenters. The number of hydrogen-bond donors (Lipinski definition) is 0. The first-order chi connectivity index (χ1) is 8.63. The molecule has 0 spiro atoms. The monoisotopic (exact) mass is 256 g/mol. The van der Waals surface area contributed by atoms with Crippen molar-refractivity contribution in [1.29, 1.82) is 5.26 Å². The van der Waals surface area contributed by atoms with Crippen molar-refractivity contribution < 1.29 is 0 Å². The van der Waals surface area contributed by atoms with Crippen LogP contribution in [0.3, 0.4) is 0 Å². The van der Waals surface area contributed by atoms with Crippen molar-refractivity contribution in [2.75, 3.05) is 19.0 Å². The Bertz CT molecular complexity index is 577. The summed E-state index contributed by atoms with van der Waals surface area (Å²) < 4.78 is 0. The van der Waals surface area contributed by atoms with Crippen LogP contribution < -0.4 is 4.90 Å². The fourth-order valence-corrected chi connectivity index (χ4v) is 2.81. The summed E-state index contributed by atoms with van der Waals surface area (Å²) in [6.45, 7) is 2.00. The number of rotatable bonds is 3. The summed E-state index contributed by atoms with van der Waals surface area (Å²) in [5.41, 5.74) is 4.12. The zero-order valence-corrected chi connectivity index (χ0v) is 11.7. The molecule has 0 saturated carbocycles. The molecule has 3 heteroatoms. The van der Waals surface area contributed by atoms with Crippen LogP contribution in [-0.4, -0.2) is 14.1 Å². The lowest BCUT2D eigenvalue weighted by molar-refractivity contribution is 1.08. The Morgan fingerprint density at radius 1 is 1.28 bits per heavy atom. The van der Waals surface area contributed by atoms with Gasteiger partial charge in [0.2, 0.25) is 0 Å². The first-order valence-electron chi connectivity index (χ1n) is 5.85. The van der Waals surface area contributed by atoms with E-state index in [1.807, 2.05) is 27.1 Å². The van der Waals surface area contributed by atoms with Crippen LogP contribution in [0.15, 0.2) is 29.6 Å². The van der Waals surface area contributed by atoms with Crippen molar-refractivity contribution >= 4 is 17.0 Å². The molecule has 2 nitrogen and oxygen atoms in total. The van der Waals surface area contributed by atoms with Gasteiger partial charge in [-0.2, -0.15) is 5.26 Å². The van der Waals surface area contributed by atoms with Crippen molar-refractivity contribution in [1.82, 2.24) is 0 Å². The van der Waals surface area contributed by atoms with Crippen molar-refractivity contribution in [2.45, 2.75) is 13.3 Å². The molecule has 1 heterocycles. The largest absolute Gasteiger partial charge is 0.377 e. The van der Waals surface area contributed by atoms with E-state index < -0.39 is 0 Å². The number of anilines is 1. The van der Waals surface area contributed by atoms with Crippen molar-refractivity contribution in [3.8, 4) is 6.07 Å². The number of thiophene rings is 1. The number of aryl methyl sites for hydroxylation is 1. The summed E-state index contributed by atoms with van der Waals surface area (Å²) in [4.78, 5) is 3.36. The molecule has 0 saturated heterocycles. The summed E-state index contributed by atoms with van der Waals surface area (Å²) in [6.07, 6.45) is 0.829. The molecular weight excluding hydrogens is 240 g/mol. The van der Waals surface area contributed by atoms with Crippen LogP contribution in [0.5, 0.6) is 0 Å². The third-order valence-electron chi connectivity index (χ3n) is 3.02. The van der Waals surface area contributed by atoms with Gasteiger partial charge in [0.25, 0.3) is 0 Å². The van der Waals surface area contributed by atoms with Gasteiger partial charge in [0, 0.05) is 31.1 Å². The predicted octanol–water partition coefficient (Wildman–Crippen LogP) is 3.59. The molecular formula is C15H16N2S. The fraction of sp³-hybridized carbons (Fsp3) is 0.267. The van der Waals surface area contributed by atoms with Crippen LogP contribution in [0.4, 0.5) is 5.69 Å². The standard InChI is InChI=1S/C15H16N2S/c1-11-6-7-15(17(2)3)13(14(11)10-16)9-12-5-4-8-18-12/h4-8H,9H2,1-3H3. The van der Waals surface area contributed by atoms with Crippen LogP contribution in [0.25, 0.3) is 0 Å². The van der Waals surface area contributed by atoms with Gasteiger partial charge in [0.05, 0.1) is 11.6 Å². The number of nitrogens with zero attached hydrogens (tertiary/aromatic N) is 2. The maximum atomic E-state index is 9.37. The molecule has 0 radical (unpaired) electrons. The van der Waals surface area contributed by atoms with Gasteiger partial charge in [-0.15, -0.1) is 11.3 Å². The first kappa shape index (κ1) is 12.7. The van der Waals surface area contributed by atoms with Gasteiger partial charge in [-0.1, -0.05) is 12.1 Å². The van der Waals surface area contributed by atoms with Gasteiger partial charge in [-0.3, -0.25) is 0 Å². The molecule has 0 bridgehead atoms. The van der Waals surface area contributed by atoms with E-state index in [9.17, 15) is 5.26 Å². The summed E-state index contributed by atoms with van der Waals surface area (Å²) >= 11 is 1.74. The van der Waals surface area contributed by atoms with E-state index >= 15 is 0 Å². The second-order valence-electron chi connectivity index (χ2n) is 4.52. The normalized spacial score (nSPS) is 10.1. The van der Waals surface area contributed by atoms with Crippen molar-refractivity contribution in [3.63, 3.8) is 0 Å². The lowest BCUT2D eigenvalue weighted by atomic mass is 9.97. The molecule has 2 rings (SSSR count). The topological polar surface area (TPSA) is 27.0 Å². The molecule has 1 aromatic carbocycles. The lowest BCUT2D eigenvalue weighted by Gasteiger charge is -2.19. The minimum atomic E-state index is 0.814. The Kier molecular flexibility index (Phi) is 3.69. The van der Waals surface area contributed by atoms with E-state index in [0.717, 1.165) is 28.8 Å². The molecule has 0 N–H and O–H groups in total. The third kappa shape index (κ3) is 2.39. The van der Waals surface area contributed by atoms with Crippen molar-refractivity contribution in [3.05, 3.63) is 51.2 Å². The Morgan fingerprint density at radius 2 is 2.06 bits per heavy atom. The number of hydrogen-bond acceptors (Lipinski definition) is 3. The van der Waals surface area contributed by atoms with Crippen LogP contribution in [0.2, 0.25) is 0 Å². The molecule has 0 aliphatic heterocycles. The van der Waals surface area contributed by atoms with Crippen LogP contribution in [0.1, 0.15) is 21.6 Å². The number of nitriles is 1. The Labute approximate surface area is 112 Å². The van der Waals surface area contributed by atoms with Crippen molar-refractivity contribution in [2.24, 2.45) is 0 Å². The molecule has 0 fully saturated rings. The summed E-state index contributed by atoms with van der Waals surface area (Å²) in [5, 5.41) is 11.4.